The van der Waals surface area contributed by atoms with Crippen molar-refractivity contribution in [1.29, 1.82) is 0 Å². The maximum Gasteiger partial charge on any atom is 0.410 e. The average Bonchev–Trinajstić information content (AvgIpc) is 2.68. The SMILES string of the molecule is CC(C)(C)OC(=O)N1CCN(Cc2ccn(Cc3ccc(Cl)cc3)c(=O)c2O)CC1.Cl. The van der Waals surface area contributed by atoms with E-state index >= 15 is 0 Å². The molecule has 0 unspecified atom stereocenters. The fourth-order valence-corrected chi connectivity index (χ4v) is 3.42. The van der Waals surface area contributed by atoms with Crippen LogP contribution in [-0.4, -0.2) is 57.3 Å². The number of rotatable bonds is 4. The Kier molecular flexibility index (Phi) is 8.40. The highest BCUT2D eigenvalue weighted by molar-refractivity contribution is 6.30. The Labute approximate surface area is 193 Å². The van der Waals surface area contributed by atoms with Crippen molar-refractivity contribution in [3.05, 3.63) is 63.0 Å². The Balaban J connectivity index is 0.00000341. The first-order valence-electron chi connectivity index (χ1n) is 9.98. The highest BCUT2D eigenvalue weighted by Crippen LogP contribution is 2.17. The summed E-state index contributed by atoms with van der Waals surface area (Å²) in [5.74, 6) is -0.235. The first-order valence-corrected chi connectivity index (χ1v) is 10.4. The summed E-state index contributed by atoms with van der Waals surface area (Å²) in [6.45, 7) is 8.73. The van der Waals surface area contributed by atoms with E-state index in [0.717, 1.165) is 5.56 Å². The van der Waals surface area contributed by atoms with Gasteiger partial charge in [0.05, 0.1) is 6.54 Å². The number of carbonyl (C=O) groups excluding carboxylic acids is 1. The van der Waals surface area contributed by atoms with E-state index in [2.05, 4.69) is 4.90 Å². The molecule has 31 heavy (non-hydrogen) atoms. The van der Waals surface area contributed by atoms with Crippen LogP contribution < -0.4 is 5.56 Å². The smallest absolute Gasteiger partial charge is 0.410 e. The Hall–Kier alpha value is -2.22. The van der Waals surface area contributed by atoms with E-state index in [1.165, 1.54) is 4.57 Å². The van der Waals surface area contributed by atoms with E-state index in [0.29, 0.717) is 49.9 Å². The second-order valence-corrected chi connectivity index (χ2v) is 8.93. The fraction of sp³-hybridized carbons (Fsp3) is 0.455. The molecule has 1 N–H and O–H groups in total. The van der Waals surface area contributed by atoms with Crippen LogP contribution in [0.25, 0.3) is 0 Å². The maximum atomic E-state index is 12.6. The number of aromatic hydroxyl groups is 1. The van der Waals surface area contributed by atoms with Crippen LogP contribution in [0, 0.1) is 0 Å². The van der Waals surface area contributed by atoms with E-state index in [9.17, 15) is 14.7 Å². The second-order valence-electron chi connectivity index (χ2n) is 8.49. The molecule has 7 nitrogen and oxygen atoms in total. The number of aromatic nitrogens is 1. The van der Waals surface area contributed by atoms with Crippen LogP contribution in [0.4, 0.5) is 4.79 Å². The Bertz CT molecular complexity index is 947. The lowest BCUT2D eigenvalue weighted by Crippen LogP contribution is -2.49. The minimum absolute atomic E-state index is 0. The molecule has 1 aliphatic rings. The molecule has 0 radical (unpaired) electrons. The van der Waals surface area contributed by atoms with Gasteiger partial charge in [0.1, 0.15) is 5.60 Å². The van der Waals surface area contributed by atoms with Crippen LogP contribution >= 0.6 is 24.0 Å². The van der Waals surface area contributed by atoms with E-state index in [4.69, 9.17) is 16.3 Å². The molecule has 1 aromatic heterocycles. The van der Waals surface area contributed by atoms with Crippen LogP contribution in [0.3, 0.4) is 0 Å². The number of halogens is 2. The Morgan fingerprint density at radius 3 is 2.26 bits per heavy atom. The summed E-state index contributed by atoms with van der Waals surface area (Å²) in [6, 6.07) is 9.01. The van der Waals surface area contributed by atoms with E-state index in [1.807, 2.05) is 32.9 Å². The summed E-state index contributed by atoms with van der Waals surface area (Å²) in [4.78, 5) is 28.5. The molecule has 1 aliphatic heterocycles. The molecular weight excluding hydrogens is 441 g/mol. The minimum atomic E-state index is -0.518. The summed E-state index contributed by atoms with van der Waals surface area (Å²) in [6.07, 6.45) is 1.39. The lowest BCUT2D eigenvalue weighted by atomic mass is 10.2. The van der Waals surface area contributed by atoms with Gasteiger partial charge in [0.2, 0.25) is 0 Å². The predicted molar refractivity (Wildman–Crippen MR) is 123 cm³/mol. The number of pyridine rings is 1. The van der Waals surface area contributed by atoms with Gasteiger partial charge in [0.15, 0.2) is 5.75 Å². The van der Waals surface area contributed by atoms with Crippen molar-refractivity contribution in [2.75, 3.05) is 26.2 Å². The number of nitrogens with zero attached hydrogens (tertiary/aromatic N) is 3. The molecule has 0 spiro atoms. The van der Waals surface area contributed by atoms with Gasteiger partial charge in [-0.3, -0.25) is 9.69 Å². The number of benzene rings is 1. The van der Waals surface area contributed by atoms with Crippen LogP contribution in [0.2, 0.25) is 5.02 Å². The molecule has 1 fully saturated rings. The van der Waals surface area contributed by atoms with Crippen molar-refractivity contribution in [3.8, 4) is 5.75 Å². The quantitative estimate of drug-likeness (QED) is 0.737. The third-order valence-electron chi connectivity index (χ3n) is 4.91. The first kappa shape index (κ1) is 25.0. The van der Waals surface area contributed by atoms with Crippen molar-refractivity contribution in [2.24, 2.45) is 0 Å². The number of hydrogen-bond acceptors (Lipinski definition) is 5. The summed E-state index contributed by atoms with van der Waals surface area (Å²) >= 11 is 5.90. The lowest BCUT2D eigenvalue weighted by molar-refractivity contribution is 0.0138. The van der Waals surface area contributed by atoms with E-state index in [-0.39, 0.29) is 24.2 Å². The standard InChI is InChI=1S/C22H28ClN3O4.ClH/c1-22(2,3)30-21(29)25-12-10-24(11-13-25)15-17-8-9-26(20(28)19(17)27)14-16-4-6-18(23)7-5-16;/h4-9,27H,10-15H2,1-3H3;1H. The van der Waals surface area contributed by atoms with Crippen molar-refractivity contribution in [2.45, 2.75) is 39.5 Å². The number of amides is 1. The zero-order valence-electron chi connectivity index (χ0n) is 18.0. The highest BCUT2D eigenvalue weighted by Gasteiger charge is 2.26. The summed E-state index contributed by atoms with van der Waals surface area (Å²) in [5.41, 5.74) is 0.565. The lowest BCUT2D eigenvalue weighted by Gasteiger charge is -2.35. The summed E-state index contributed by atoms with van der Waals surface area (Å²) in [7, 11) is 0. The van der Waals surface area contributed by atoms with Gasteiger partial charge in [-0.15, -0.1) is 12.4 Å². The van der Waals surface area contributed by atoms with Crippen LogP contribution in [-0.2, 0) is 17.8 Å². The summed E-state index contributed by atoms with van der Waals surface area (Å²) in [5, 5.41) is 11.1. The van der Waals surface area contributed by atoms with Gasteiger partial charge in [-0.1, -0.05) is 23.7 Å². The number of piperazine rings is 1. The topological polar surface area (TPSA) is 75.0 Å². The van der Waals surface area contributed by atoms with Crippen molar-refractivity contribution in [1.82, 2.24) is 14.4 Å². The normalized spacial score (nSPS) is 14.8. The zero-order valence-corrected chi connectivity index (χ0v) is 19.6. The molecular formula is C22H29Cl2N3O4. The van der Waals surface area contributed by atoms with E-state index < -0.39 is 11.2 Å². The molecule has 0 saturated carbocycles. The number of hydrogen-bond donors (Lipinski definition) is 1. The third kappa shape index (κ3) is 6.89. The van der Waals surface area contributed by atoms with Crippen molar-refractivity contribution >= 4 is 30.1 Å². The van der Waals surface area contributed by atoms with Crippen LogP contribution in [0.5, 0.6) is 5.75 Å². The van der Waals surface area contributed by atoms with E-state index in [1.54, 1.807) is 29.3 Å². The van der Waals surface area contributed by atoms with Gasteiger partial charge in [0.25, 0.3) is 5.56 Å². The molecule has 1 aromatic carbocycles. The van der Waals surface area contributed by atoms with Crippen molar-refractivity contribution < 1.29 is 14.6 Å². The number of ether oxygens (including phenoxy) is 1. The molecule has 1 saturated heterocycles. The molecule has 0 aliphatic carbocycles. The van der Waals surface area contributed by atoms with Crippen molar-refractivity contribution in [3.63, 3.8) is 0 Å². The average molecular weight is 470 g/mol. The van der Waals surface area contributed by atoms with Gasteiger partial charge in [0, 0.05) is 49.5 Å². The second kappa shape index (κ2) is 10.4. The maximum absolute atomic E-state index is 12.6. The zero-order chi connectivity index (χ0) is 21.9. The van der Waals surface area contributed by atoms with Gasteiger partial charge < -0.3 is 19.3 Å². The van der Waals surface area contributed by atoms with Crippen LogP contribution in [0.1, 0.15) is 31.9 Å². The van der Waals surface area contributed by atoms with Gasteiger partial charge in [-0.05, 0) is 44.5 Å². The van der Waals surface area contributed by atoms with Gasteiger partial charge >= 0.3 is 6.09 Å². The fourth-order valence-electron chi connectivity index (χ4n) is 3.29. The molecule has 2 aromatic rings. The minimum Gasteiger partial charge on any atom is -0.503 e. The molecule has 170 valence electrons. The highest BCUT2D eigenvalue weighted by atomic mass is 35.5. The van der Waals surface area contributed by atoms with Gasteiger partial charge in [-0.25, -0.2) is 4.79 Å². The first-order chi connectivity index (χ1) is 14.1. The monoisotopic (exact) mass is 469 g/mol. The predicted octanol–water partition coefficient (Wildman–Crippen LogP) is 3.73. The molecule has 3 rings (SSSR count). The Morgan fingerprint density at radius 2 is 1.68 bits per heavy atom. The molecule has 0 bridgehead atoms. The Morgan fingerprint density at radius 1 is 1.06 bits per heavy atom. The molecule has 9 heteroatoms. The largest absolute Gasteiger partial charge is 0.503 e. The molecule has 2 heterocycles. The number of carbonyl (C=O) groups is 1. The molecule has 1 amide bonds. The third-order valence-corrected chi connectivity index (χ3v) is 5.16. The molecule has 0 atom stereocenters. The summed E-state index contributed by atoms with van der Waals surface area (Å²) < 4.78 is 6.89. The van der Waals surface area contributed by atoms with Gasteiger partial charge in [-0.2, -0.15) is 0 Å². The van der Waals surface area contributed by atoms with Crippen LogP contribution in [0.15, 0.2) is 41.3 Å².